The Kier molecular flexibility index (Phi) is 4.42. The number of nitrogens with zero attached hydrogens (tertiary/aromatic N) is 3. The summed E-state index contributed by atoms with van der Waals surface area (Å²) in [5, 5.41) is 7.13. The van der Waals surface area contributed by atoms with Crippen molar-refractivity contribution in [2.75, 3.05) is 6.54 Å². The largest absolute Gasteiger partial charge is 0.345 e. The van der Waals surface area contributed by atoms with Crippen LogP contribution in [0.15, 0.2) is 6.07 Å². The van der Waals surface area contributed by atoms with Crippen LogP contribution in [0.25, 0.3) is 0 Å². The summed E-state index contributed by atoms with van der Waals surface area (Å²) in [6, 6.07) is 1.65. The highest BCUT2D eigenvalue weighted by Gasteiger charge is 2.33. The summed E-state index contributed by atoms with van der Waals surface area (Å²) in [5.41, 5.74) is 2.01. The molecule has 0 radical (unpaired) electrons. The molecule has 6 nitrogen and oxygen atoms in total. The molecule has 1 fully saturated rings. The van der Waals surface area contributed by atoms with Gasteiger partial charge in [0.25, 0.3) is 0 Å². The average Bonchev–Trinajstić information content (AvgIpc) is 2.85. The number of piperazine rings is 1. The Hall–Kier alpha value is -1.85. The molecule has 1 saturated heterocycles. The van der Waals surface area contributed by atoms with E-state index in [1.807, 2.05) is 24.6 Å². The maximum absolute atomic E-state index is 12.1. The van der Waals surface area contributed by atoms with Gasteiger partial charge in [-0.05, 0) is 25.8 Å². The van der Waals surface area contributed by atoms with Gasteiger partial charge in [-0.25, -0.2) is 0 Å². The Balaban J connectivity index is 2.24. The third-order valence-corrected chi connectivity index (χ3v) is 3.71. The number of aromatic nitrogens is 2. The Morgan fingerprint density at radius 1 is 1.35 bits per heavy atom. The Labute approximate surface area is 119 Å². The van der Waals surface area contributed by atoms with Crippen LogP contribution in [-0.2, 0) is 29.1 Å². The van der Waals surface area contributed by atoms with Crippen LogP contribution in [-0.4, -0.2) is 39.1 Å². The van der Waals surface area contributed by atoms with Crippen LogP contribution >= 0.6 is 0 Å². The van der Waals surface area contributed by atoms with Crippen LogP contribution in [0, 0.1) is 0 Å². The lowest BCUT2D eigenvalue weighted by molar-refractivity contribution is -0.146. The van der Waals surface area contributed by atoms with Gasteiger partial charge in [-0.15, -0.1) is 0 Å². The van der Waals surface area contributed by atoms with Gasteiger partial charge in [0.2, 0.25) is 11.8 Å². The third kappa shape index (κ3) is 2.69. The molecule has 1 aromatic rings. The minimum Gasteiger partial charge on any atom is -0.345 e. The molecule has 1 aliphatic heterocycles. The van der Waals surface area contributed by atoms with E-state index in [0.717, 1.165) is 24.4 Å². The van der Waals surface area contributed by atoms with Crippen LogP contribution in [0.3, 0.4) is 0 Å². The van der Waals surface area contributed by atoms with E-state index in [0.29, 0.717) is 13.0 Å². The minimum atomic E-state index is -0.374. The lowest BCUT2D eigenvalue weighted by Gasteiger charge is -2.34. The van der Waals surface area contributed by atoms with E-state index in [9.17, 15) is 9.59 Å². The quantitative estimate of drug-likeness (QED) is 0.862. The Bertz CT molecular complexity index is 509. The number of carbonyl (C=O) groups is 2. The number of aryl methyl sites for hydroxylation is 2. The van der Waals surface area contributed by atoms with Crippen molar-refractivity contribution >= 4 is 11.8 Å². The van der Waals surface area contributed by atoms with E-state index in [1.54, 1.807) is 4.90 Å². The van der Waals surface area contributed by atoms with Crippen LogP contribution in [0.1, 0.15) is 38.6 Å². The van der Waals surface area contributed by atoms with Gasteiger partial charge in [-0.2, -0.15) is 5.10 Å². The highest BCUT2D eigenvalue weighted by Crippen LogP contribution is 2.16. The first-order valence-corrected chi connectivity index (χ1v) is 7.23. The monoisotopic (exact) mass is 278 g/mol. The molecule has 2 rings (SSSR count). The van der Waals surface area contributed by atoms with E-state index < -0.39 is 0 Å². The van der Waals surface area contributed by atoms with Crippen LogP contribution in [0.4, 0.5) is 0 Å². The summed E-state index contributed by atoms with van der Waals surface area (Å²) >= 11 is 0. The van der Waals surface area contributed by atoms with Crippen LogP contribution in [0.5, 0.6) is 0 Å². The number of nitrogens with one attached hydrogen (secondary N) is 1. The van der Waals surface area contributed by atoms with Crippen molar-refractivity contribution in [2.45, 2.75) is 52.7 Å². The molecule has 6 heteroatoms. The van der Waals surface area contributed by atoms with Crippen molar-refractivity contribution in [3.8, 4) is 0 Å². The maximum Gasteiger partial charge on any atom is 0.243 e. The number of hydrogen-bond donors (Lipinski definition) is 1. The van der Waals surface area contributed by atoms with Crippen molar-refractivity contribution < 1.29 is 9.59 Å². The van der Waals surface area contributed by atoms with Crippen molar-refractivity contribution in [1.82, 2.24) is 20.0 Å². The summed E-state index contributed by atoms with van der Waals surface area (Å²) in [4.78, 5) is 25.6. The summed E-state index contributed by atoms with van der Waals surface area (Å²) < 4.78 is 1.91. The number of rotatable bonds is 5. The SMILES string of the molecule is CCc1cc(CN2C(=O)CNC(=O)C2CC)n(CC)n1. The predicted octanol–water partition coefficient (Wildman–Crippen LogP) is 0.702. The topological polar surface area (TPSA) is 67.2 Å². The van der Waals surface area contributed by atoms with Crippen molar-refractivity contribution in [3.05, 3.63) is 17.5 Å². The van der Waals surface area contributed by atoms with Gasteiger partial charge < -0.3 is 10.2 Å². The number of amides is 2. The summed E-state index contributed by atoms with van der Waals surface area (Å²) in [7, 11) is 0. The fourth-order valence-electron chi connectivity index (χ4n) is 2.56. The zero-order chi connectivity index (χ0) is 14.7. The molecule has 0 saturated carbocycles. The number of carbonyl (C=O) groups excluding carboxylic acids is 2. The van der Waals surface area contributed by atoms with Crippen molar-refractivity contribution in [1.29, 1.82) is 0 Å². The maximum atomic E-state index is 12.1. The highest BCUT2D eigenvalue weighted by molar-refractivity contribution is 5.94. The molecule has 1 N–H and O–H groups in total. The minimum absolute atomic E-state index is 0.0293. The van der Waals surface area contributed by atoms with Gasteiger partial charge in [-0.1, -0.05) is 13.8 Å². The molecule has 2 heterocycles. The fraction of sp³-hybridized carbons (Fsp3) is 0.643. The standard InChI is InChI=1S/C14H22N4O2/c1-4-10-7-11(18(6-3)16-10)9-17-12(5-2)14(20)15-8-13(17)19/h7,12H,4-6,8-9H2,1-3H3,(H,15,20). The average molecular weight is 278 g/mol. The lowest BCUT2D eigenvalue weighted by Crippen LogP contribution is -2.57. The summed E-state index contributed by atoms with van der Waals surface area (Å²) in [6.07, 6.45) is 1.49. The fourth-order valence-corrected chi connectivity index (χ4v) is 2.56. The zero-order valence-corrected chi connectivity index (χ0v) is 12.3. The van der Waals surface area contributed by atoms with Gasteiger partial charge in [0.05, 0.1) is 24.5 Å². The molecule has 0 bridgehead atoms. The predicted molar refractivity (Wildman–Crippen MR) is 74.9 cm³/mol. The molecule has 110 valence electrons. The van der Waals surface area contributed by atoms with Gasteiger partial charge in [0.15, 0.2) is 0 Å². The molecular formula is C14H22N4O2. The molecule has 1 atom stereocenters. The van der Waals surface area contributed by atoms with E-state index in [1.165, 1.54) is 0 Å². The first kappa shape index (κ1) is 14.6. The van der Waals surface area contributed by atoms with Crippen molar-refractivity contribution in [3.63, 3.8) is 0 Å². The van der Waals surface area contributed by atoms with E-state index in [4.69, 9.17) is 0 Å². The Morgan fingerprint density at radius 2 is 2.10 bits per heavy atom. The second kappa shape index (κ2) is 6.07. The molecule has 1 unspecified atom stereocenters. The van der Waals surface area contributed by atoms with E-state index >= 15 is 0 Å². The third-order valence-electron chi connectivity index (χ3n) is 3.71. The number of hydrogen-bond acceptors (Lipinski definition) is 3. The van der Waals surface area contributed by atoms with Crippen LogP contribution in [0.2, 0.25) is 0 Å². The molecule has 1 aromatic heterocycles. The van der Waals surface area contributed by atoms with E-state index in [-0.39, 0.29) is 24.4 Å². The molecule has 0 aromatic carbocycles. The van der Waals surface area contributed by atoms with E-state index in [2.05, 4.69) is 17.3 Å². The molecular weight excluding hydrogens is 256 g/mol. The molecule has 0 spiro atoms. The van der Waals surface area contributed by atoms with Crippen molar-refractivity contribution in [2.24, 2.45) is 0 Å². The van der Waals surface area contributed by atoms with Gasteiger partial charge in [0, 0.05) is 6.54 Å². The zero-order valence-electron chi connectivity index (χ0n) is 12.3. The van der Waals surface area contributed by atoms with Crippen LogP contribution < -0.4 is 5.32 Å². The summed E-state index contributed by atoms with van der Waals surface area (Å²) in [5.74, 6) is -0.0938. The van der Waals surface area contributed by atoms with Gasteiger partial charge in [0.1, 0.15) is 6.04 Å². The smallest absolute Gasteiger partial charge is 0.243 e. The summed E-state index contributed by atoms with van der Waals surface area (Å²) in [6.45, 7) is 7.31. The van der Waals surface area contributed by atoms with Gasteiger partial charge >= 0.3 is 0 Å². The first-order valence-electron chi connectivity index (χ1n) is 7.23. The molecule has 2 amide bonds. The molecule has 1 aliphatic rings. The van der Waals surface area contributed by atoms with Gasteiger partial charge in [-0.3, -0.25) is 14.3 Å². The first-order chi connectivity index (χ1) is 9.60. The molecule has 20 heavy (non-hydrogen) atoms. The lowest BCUT2D eigenvalue weighted by atomic mass is 10.1. The second-order valence-electron chi connectivity index (χ2n) is 4.96. The molecule has 0 aliphatic carbocycles. The Morgan fingerprint density at radius 3 is 2.70 bits per heavy atom. The highest BCUT2D eigenvalue weighted by atomic mass is 16.2. The second-order valence-corrected chi connectivity index (χ2v) is 4.96. The normalized spacial score (nSPS) is 19.4.